The number of nitrogens with one attached hydrogen (secondary N) is 2. The van der Waals surface area contributed by atoms with Gasteiger partial charge in [-0.05, 0) is 57.0 Å². The standard InChI is InChI=1S/C20H27N5OS/c1-3-12-21-20(27)24-19-22-17(25-13-8-7-9-15(25)2)14-18(23-19)26-16-10-5-4-6-11-16/h4-6,10-11,14-15H,3,7-9,12-13H2,1-2H3,(H2,21,22,23,24,27)/t15-/m0/s1. The number of thiocarbonyl (C=S) groups is 1. The maximum Gasteiger partial charge on any atom is 0.234 e. The van der Waals surface area contributed by atoms with Gasteiger partial charge in [0.1, 0.15) is 11.6 Å². The number of para-hydroxylation sites is 1. The molecule has 0 amide bonds. The van der Waals surface area contributed by atoms with Crippen LogP contribution in [-0.2, 0) is 0 Å². The molecule has 2 heterocycles. The van der Waals surface area contributed by atoms with Crippen molar-refractivity contribution in [3.05, 3.63) is 36.4 Å². The first-order valence-corrected chi connectivity index (χ1v) is 10.00. The average Bonchev–Trinajstić information content (AvgIpc) is 2.67. The van der Waals surface area contributed by atoms with Crippen molar-refractivity contribution in [1.82, 2.24) is 15.3 Å². The Morgan fingerprint density at radius 1 is 1.26 bits per heavy atom. The summed E-state index contributed by atoms with van der Waals surface area (Å²) in [5.41, 5.74) is 0. The Hall–Kier alpha value is -2.41. The summed E-state index contributed by atoms with van der Waals surface area (Å²) < 4.78 is 5.97. The normalized spacial score (nSPS) is 16.7. The lowest BCUT2D eigenvalue weighted by atomic mass is 10.0. The number of piperidine rings is 1. The molecule has 1 fully saturated rings. The van der Waals surface area contributed by atoms with Gasteiger partial charge in [-0.3, -0.25) is 0 Å². The Labute approximate surface area is 166 Å². The molecule has 0 radical (unpaired) electrons. The molecule has 0 saturated carbocycles. The van der Waals surface area contributed by atoms with Crippen molar-refractivity contribution in [2.24, 2.45) is 0 Å². The van der Waals surface area contributed by atoms with Crippen LogP contribution < -0.4 is 20.3 Å². The summed E-state index contributed by atoms with van der Waals surface area (Å²) in [5.74, 6) is 2.56. The topological polar surface area (TPSA) is 62.3 Å². The zero-order valence-corrected chi connectivity index (χ0v) is 16.8. The van der Waals surface area contributed by atoms with Crippen molar-refractivity contribution in [3.63, 3.8) is 0 Å². The van der Waals surface area contributed by atoms with Crippen molar-refractivity contribution in [2.75, 3.05) is 23.3 Å². The third-order valence-electron chi connectivity index (χ3n) is 4.51. The zero-order valence-electron chi connectivity index (χ0n) is 15.9. The highest BCUT2D eigenvalue weighted by molar-refractivity contribution is 7.80. The number of aromatic nitrogens is 2. The first-order chi connectivity index (χ1) is 13.2. The lowest BCUT2D eigenvalue weighted by Gasteiger charge is -2.34. The third kappa shape index (κ3) is 5.53. The summed E-state index contributed by atoms with van der Waals surface area (Å²) in [6, 6.07) is 12.0. The largest absolute Gasteiger partial charge is 0.439 e. The van der Waals surface area contributed by atoms with Crippen molar-refractivity contribution < 1.29 is 4.74 Å². The molecule has 1 aliphatic rings. The Balaban J connectivity index is 1.85. The molecule has 2 aromatic rings. The summed E-state index contributed by atoms with van der Waals surface area (Å²) in [4.78, 5) is 11.5. The first kappa shape index (κ1) is 19.4. The number of anilines is 2. The Morgan fingerprint density at radius 3 is 2.81 bits per heavy atom. The highest BCUT2D eigenvalue weighted by atomic mass is 32.1. The van der Waals surface area contributed by atoms with Gasteiger partial charge in [0.15, 0.2) is 5.11 Å². The van der Waals surface area contributed by atoms with Crippen molar-refractivity contribution in [3.8, 4) is 11.6 Å². The van der Waals surface area contributed by atoms with Gasteiger partial charge < -0.3 is 20.3 Å². The van der Waals surface area contributed by atoms with Crippen LogP contribution in [0, 0.1) is 0 Å². The Kier molecular flexibility index (Phi) is 6.81. The molecule has 27 heavy (non-hydrogen) atoms. The summed E-state index contributed by atoms with van der Waals surface area (Å²) in [7, 11) is 0. The van der Waals surface area contributed by atoms with Gasteiger partial charge >= 0.3 is 0 Å². The van der Waals surface area contributed by atoms with Gasteiger partial charge in [0.25, 0.3) is 0 Å². The molecular weight excluding hydrogens is 358 g/mol. The smallest absolute Gasteiger partial charge is 0.234 e. The van der Waals surface area contributed by atoms with Crippen molar-refractivity contribution in [2.45, 2.75) is 45.6 Å². The van der Waals surface area contributed by atoms with Crippen LogP contribution in [0.1, 0.15) is 39.5 Å². The van der Waals surface area contributed by atoms with Gasteiger partial charge in [-0.25, -0.2) is 0 Å². The maximum atomic E-state index is 5.97. The minimum atomic E-state index is 0.441. The molecule has 0 bridgehead atoms. The van der Waals surface area contributed by atoms with Crippen LogP contribution in [0.3, 0.4) is 0 Å². The van der Waals surface area contributed by atoms with E-state index < -0.39 is 0 Å². The molecule has 6 nitrogen and oxygen atoms in total. The number of nitrogens with zero attached hydrogens (tertiary/aromatic N) is 3. The molecule has 7 heteroatoms. The first-order valence-electron chi connectivity index (χ1n) is 9.59. The fraction of sp³-hybridized carbons (Fsp3) is 0.450. The Morgan fingerprint density at radius 2 is 2.07 bits per heavy atom. The van der Waals surface area contributed by atoms with Crippen LogP contribution >= 0.6 is 12.2 Å². The molecule has 2 N–H and O–H groups in total. The van der Waals surface area contributed by atoms with E-state index >= 15 is 0 Å². The van der Waals surface area contributed by atoms with E-state index in [0.717, 1.165) is 37.5 Å². The van der Waals surface area contributed by atoms with Gasteiger partial charge in [0.05, 0.1) is 0 Å². The molecule has 1 aromatic heterocycles. The van der Waals surface area contributed by atoms with E-state index in [0.29, 0.717) is 23.0 Å². The fourth-order valence-electron chi connectivity index (χ4n) is 3.10. The van der Waals surface area contributed by atoms with E-state index in [4.69, 9.17) is 21.9 Å². The SMILES string of the molecule is CCCNC(=S)Nc1nc(Oc2ccccc2)cc(N2CCCC[C@@H]2C)n1. The van der Waals surface area contributed by atoms with Crippen LogP contribution in [0.15, 0.2) is 36.4 Å². The third-order valence-corrected chi connectivity index (χ3v) is 4.76. The Bertz CT molecular complexity index is 755. The van der Waals surface area contributed by atoms with Crippen LogP contribution in [-0.4, -0.2) is 34.2 Å². The molecule has 1 aliphatic heterocycles. The van der Waals surface area contributed by atoms with Crippen LogP contribution in [0.4, 0.5) is 11.8 Å². The monoisotopic (exact) mass is 385 g/mol. The van der Waals surface area contributed by atoms with Gasteiger partial charge in [0.2, 0.25) is 11.8 Å². The zero-order chi connectivity index (χ0) is 19.1. The minimum Gasteiger partial charge on any atom is -0.439 e. The maximum absolute atomic E-state index is 5.97. The molecule has 1 aromatic carbocycles. The average molecular weight is 386 g/mol. The van der Waals surface area contributed by atoms with Crippen LogP contribution in [0.25, 0.3) is 0 Å². The number of benzene rings is 1. The minimum absolute atomic E-state index is 0.441. The quantitative estimate of drug-likeness (QED) is 0.717. The van der Waals surface area contributed by atoms with Gasteiger partial charge in [0, 0.05) is 25.2 Å². The number of hydrogen-bond donors (Lipinski definition) is 2. The molecule has 1 saturated heterocycles. The molecule has 0 spiro atoms. The highest BCUT2D eigenvalue weighted by Crippen LogP contribution is 2.28. The van der Waals surface area contributed by atoms with E-state index in [-0.39, 0.29) is 0 Å². The van der Waals surface area contributed by atoms with E-state index in [2.05, 4.69) is 34.4 Å². The lowest BCUT2D eigenvalue weighted by Crippen LogP contribution is -2.38. The van der Waals surface area contributed by atoms with E-state index in [9.17, 15) is 0 Å². The van der Waals surface area contributed by atoms with Crippen LogP contribution in [0.2, 0.25) is 0 Å². The van der Waals surface area contributed by atoms with Gasteiger partial charge in [-0.2, -0.15) is 9.97 Å². The number of rotatable bonds is 6. The van der Waals surface area contributed by atoms with Crippen molar-refractivity contribution >= 4 is 29.1 Å². The second kappa shape index (κ2) is 9.50. The second-order valence-electron chi connectivity index (χ2n) is 6.72. The summed E-state index contributed by atoms with van der Waals surface area (Å²) in [5, 5.41) is 6.75. The second-order valence-corrected chi connectivity index (χ2v) is 7.13. The predicted molar refractivity (Wildman–Crippen MR) is 114 cm³/mol. The molecular formula is C20H27N5OS. The number of ether oxygens (including phenoxy) is 1. The van der Waals surface area contributed by atoms with Gasteiger partial charge in [-0.15, -0.1) is 0 Å². The van der Waals surface area contributed by atoms with Gasteiger partial charge in [-0.1, -0.05) is 25.1 Å². The fourth-order valence-corrected chi connectivity index (χ4v) is 3.29. The van der Waals surface area contributed by atoms with Crippen LogP contribution in [0.5, 0.6) is 11.6 Å². The molecule has 0 unspecified atom stereocenters. The van der Waals surface area contributed by atoms with Crippen molar-refractivity contribution in [1.29, 1.82) is 0 Å². The molecule has 144 valence electrons. The van der Waals surface area contributed by atoms with E-state index in [1.807, 2.05) is 36.4 Å². The van der Waals surface area contributed by atoms with E-state index in [1.54, 1.807) is 0 Å². The summed E-state index contributed by atoms with van der Waals surface area (Å²) in [6.07, 6.45) is 4.59. The molecule has 3 rings (SSSR count). The van der Waals surface area contributed by atoms with E-state index in [1.165, 1.54) is 12.8 Å². The summed E-state index contributed by atoms with van der Waals surface area (Å²) >= 11 is 5.34. The number of hydrogen-bond acceptors (Lipinski definition) is 5. The predicted octanol–water partition coefficient (Wildman–Crippen LogP) is 4.34. The lowest BCUT2D eigenvalue weighted by molar-refractivity contribution is 0.457. The molecule has 0 aliphatic carbocycles. The highest BCUT2D eigenvalue weighted by Gasteiger charge is 2.21. The molecule has 1 atom stereocenters. The summed E-state index contributed by atoms with van der Waals surface area (Å²) in [6.45, 7) is 6.12.